The number of carbonyl (C=O) groups excluding carboxylic acids is 1. The largest absolute Gasteiger partial charge is 0.310 e. The van der Waals surface area contributed by atoms with Crippen molar-refractivity contribution < 1.29 is 9.72 Å². The van der Waals surface area contributed by atoms with Crippen LogP contribution in [0, 0.1) is 17.0 Å². The second-order valence-corrected chi connectivity index (χ2v) is 7.65. The van der Waals surface area contributed by atoms with Crippen molar-refractivity contribution in [1.29, 1.82) is 0 Å². The number of nitrogens with zero attached hydrogens (tertiary/aromatic N) is 3. The number of nitro benzene ring substituents is 1. The molecule has 0 unspecified atom stereocenters. The number of aryl methyl sites for hydroxylation is 1. The van der Waals surface area contributed by atoms with E-state index in [9.17, 15) is 14.9 Å². The van der Waals surface area contributed by atoms with Gasteiger partial charge in [0.2, 0.25) is 5.91 Å². The number of nitro groups is 1. The van der Waals surface area contributed by atoms with E-state index in [0.29, 0.717) is 5.82 Å². The van der Waals surface area contributed by atoms with Crippen molar-refractivity contribution in [3.63, 3.8) is 0 Å². The van der Waals surface area contributed by atoms with Crippen LogP contribution in [0.5, 0.6) is 0 Å². The zero-order valence-corrected chi connectivity index (χ0v) is 16.0. The second kappa shape index (κ2) is 7.47. The van der Waals surface area contributed by atoms with E-state index >= 15 is 0 Å². The molecule has 1 aliphatic rings. The van der Waals surface area contributed by atoms with Crippen molar-refractivity contribution in [3.05, 3.63) is 81.0 Å². The Morgan fingerprint density at radius 3 is 2.75 bits per heavy atom. The summed E-state index contributed by atoms with van der Waals surface area (Å²) in [4.78, 5) is 23.0. The molecule has 1 aliphatic heterocycles. The first-order chi connectivity index (χ1) is 13.5. The average molecular weight is 394 g/mol. The van der Waals surface area contributed by atoms with Gasteiger partial charge in [-0.05, 0) is 30.2 Å². The maximum atomic E-state index is 12.7. The monoisotopic (exact) mass is 394 g/mol. The lowest BCUT2D eigenvalue weighted by Gasteiger charge is -2.11. The van der Waals surface area contributed by atoms with Crippen LogP contribution in [0.3, 0.4) is 0 Å². The van der Waals surface area contributed by atoms with Gasteiger partial charge in [-0.1, -0.05) is 24.3 Å². The smallest absolute Gasteiger partial charge is 0.269 e. The van der Waals surface area contributed by atoms with Crippen molar-refractivity contribution in [2.24, 2.45) is 0 Å². The van der Waals surface area contributed by atoms with Crippen LogP contribution in [0.2, 0.25) is 0 Å². The minimum atomic E-state index is -0.453. The van der Waals surface area contributed by atoms with Gasteiger partial charge < -0.3 is 5.32 Å². The van der Waals surface area contributed by atoms with E-state index in [2.05, 4.69) is 5.32 Å². The molecule has 0 saturated carbocycles. The number of hydrogen-bond donors (Lipinski definition) is 1. The molecule has 4 rings (SSSR count). The van der Waals surface area contributed by atoms with Gasteiger partial charge >= 0.3 is 0 Å². The number of nitrogens with one attached hydrogen (secondary N) is 1. The predicted octanol–water partition coefficient (Wildman–Crippen LogP) is 4.02. The molecule has 28 heavy (non-hydrogen) atoms. The highest BCUT2D eigenvalue weighted by Crippen LogP contribution is 2.36. The number of thioether (sulfide) groups is 1. The molecule has 0 radical (unpaired) electrons. The molecule has 1 N–H and O–H groups in total. The lowest BCUT2D eigenvalue weighted by Crippen LogP contribution is -2.18. The summed E-state index contributed by atoms with van der Waals surface area (Å²) in [5.41, 5.74) is 4.81. The van der Waals surface area contributed by atoms with Crippen LogP contribution in [-0.4, -0.2) is 20.6 Å². The van der Waals surface area contributed by atoms with Gasteiger partial charge in [0, 0.05) is 29.2 Å². The molecular formula is C20H18N4O3S. The van der Waals surface area contributed by atoms with Crippen LogP contribution in [0.1, 0.15) is 22.4 Å². The number of benzene rings is 2. The fourth-order valence-electron chi connectivity index (χ4n) is 3.19. The number of fused-ring (bicyclic) bond motifs is 1. The van der Waals surface area contributed by atoms with E-state index in [1.165, 1.54) is 12.1 Å². The van der Waals surface area contributed by atoms with Crippen molar-refractivity contribution >= 4 is 29.2 Å². The predicted molar refractivity (Wildman–Crippen MR) is 109 cm³/mol. The number of anilines is 1. The normalized spacial score (nSPS) is 12.6. The fourth-order valence-corrected chi connectivity index (χ4v) is 4.22. The van der Waals surface area contributed by atoms with E-state index in [1.54, 1.807) is 28.6 Å². The van der Waals surface area contributed by atoms with Crippen LogP contribution in [0.25, 0.3) is 5.69 Å². The van der Waals surface area contributed by atoms with E-state index in [-0.39, 0.29) is 18.0 Å². The number of aromatic nitrogens is 2. The molecule has 8 heteroatoms. The Morgan fingerprint density at radius 1 is 1.25 bits per heavy atom. The zero-order chi connectivity index (χ0) is 19.7. The van der Waals surface area contributed by atoms with E-state index in [4.69, 9.17) is 5.10 Å². The van der Waals surface area contributed by atoms with Gasteiger partial charge in [-0.15, -0.1) is 0 Å². The molecule has 7 nitrogen and oxygen atoms in total. The van der Waals surface area contributed by atoms with Crippen LogP contribution >= 0.6 is 11.8 Å². The summed E-state index contributed by atoms with van der Waals surface area (Å²) >= 11 is 1.78. The molecular weight excluding hydrogens is 376 g/mol. The Morgan fingerprint density at radius 2 is 2.04 bits per heavy atom. The number of carbonyl (C=O) groups is 1. The van der Waals surface area contributed by atoms with Crippen LogP contribution < -0.4 is 5.32 Å². The number of hydrogen-bond acceptors (Lipinski definition) is 5. The minimum Gasteiger partial charge on any atom is -0.310 e. The molecule has 1 amide bonds. The average Bonchev–Trinajstić information content (AvgIpc) is 3.25. The van der Waals surface area contributed by atoms with Gasteiger partial charge in [0.15, 0.2) is 0 Å². The molecule has 3 aromatic rings. The standard InChI is InChI=1S/C20H18N4O3S/c1-13-3-2-4-16(9-13)23-20(17-11-28-12-18(17)22-23)21-19(25)10-14-5-7-15(8-6-14)24(26)27/h2-9H,10-12H2,1H3,(H,21,25). The summed E-state index contributed by atoms with van der Waals surface area (Å²) in [7, 11) is 0. The molecule has 0 fully saturated rings. The summed E-state index contributed by atoms with van der Waals surface area (Å²) < 4.78 is 1.80. The van der Waals surface area contributed by atoms with E-state index in [0.717, 1.165) is 39.6 Å². The summed E-state index contributed by atoms with van der Waals surface area (Å²) in [5, 5.41) is 18.5. The molecule has 0 spiro atoms. The van der Waals surface area contributed by atoms with E-state index < -0.39 is 4.92 Å². The third-order valence-electron chi connectivity index (χ3n) is 4.57. The molecule has 0 aliphatic carbocycles. The zero-order valence-electron chi connectivity index (χ0n) is 15.2. The fraction of sp³-hybridized carbons (Fsp3) is 0.200. The molecule has 142 valence electrons. The molecule has 0 atom stereocenters. The van der Waals surface area contributed by atoms with Crippen molar-refractivity contribution in [2.45, 2.75) is 24.9 Å². The van der Waals surface area contributed by atoms with Gasteiger partial charge in [0.05, 0.1) is 22.7 Å². The van der Waals surface area contributed by atoms with Crippen LogP contribution in [-0.2, 0) is 22.7 Å². The first-order valence-electron chi connectivity index (χ1n) is 8.80. The van der Waals surface area contributed by atoms with Gasteiger partial charge in [0.1, 0.15) is 5.82 Å². The van der Waals surface area contributed by atoms with E-state index in [1.807, 2.05) is 31.2 Å². The SMILES string of the molecule is Cc1cccc(-n2nc3c(c2NC(=O)Cc2ccc([N+](=O)[O-])cc2)CSC3)c1. The summed E-state index contributed by atoms with van der Waals surface area (Å²) in [5.74, 6) is 2.17. The summed E-state index contributed by atoms with van der Waals surface area (Å²) in [6.07, 6.45) is 0.138. The minimum absolute atomic E-state index is 0.0107. The summed E-state index contributed by atoms with van der Waals surface area (Å²) in [6.45, 7) is 2.02. The molecule has 1 aromatic heterocycles. The van der Waals surface area contributed by atoms with Gasteiger partial charge in [-0.3, -0.25) is 14.9 Å². The maximum absolute atomic E-state index is 12.7. The number of amides is 1. The van der Waals surface area contributed by atoms with Gasteiger partial charge in [-0.25, -0.2) is 4.68 Å². The summed E-state index contributed by atoms with van der Waals surface area (Å²) in [6, 6.07) is 14.0. The Kier molecular flexibility index (Phi) is 4.87. The van der Waals surface area contributed by atoms with Crippen molar-refractivity contribution in [3.8, 4) is 5.69 Å². The third kappa shape index (κ3) is 3.63. The van der Waals surface area contributed by atoms with Crippen LogP contribution in [0.4, 0.5) is 11.5 Å². The van der Waals surface area contributed by atoms with Crippen molar-refractivity contribution in [2.75, 3.05) is 5.32 Å². The molecule has 0 saturated heterocycles. The van der Waals surface area contributed by atoms with Gasteiger partial charge in [0.25, 0.3) is 5.69 Å². The molecule has 2 aromatic carbocycles. The topological polar surface area (TPSA) is 90.1 Å². The maximum Gasteiger partial charge on any atom is 0.269 e. The Hall–Kier alpha value is -3.13. The lowest BCUT2D eigenvalue weighted by atomic mass is 10.1. The Balaban J connectivity index is 1.58. The number of rotatable bonds is 5. The molecule has 2 heterocycles. The third-order valence-corrected chi connectivity index (χ3v) is 5.54. The Bertz CT molecular complexity index is 1060. The molecule has 0 bridgehead atoms. The Labute approximate surface area is 165 Å². The second-order valence-electron chi connectivity index (χ2n) is 6.67. The lowest BCUT2D eigenvalue weighted by molar-refractivity contribution is -0.384. The highest BCUT2D eigenvalue weighted by Gasteiger charge is 2.24. The highest BCUT2D eigenvalue weighted by atomic mass is 32.2. The van der Waals surface area contributed by atoms with Gasteiger partial charge in [-0.2, -0.15) is 16.9 Å². The quantitative estimate of drug-likeness (QED) is 0.521. The highest BCUT2D eigenvalue weighted by molar-refractivity contribution is 7.98. The van der Waals surface area contributed by atoms with Crippen LogP contribution in [0.15, 0.2) is 48.5 Å². The first-order valence-corrected chi connectivity index (χ1v) is 9.95. The number of non-ortho nitro benzene ring substituents is 1. The first kappa shape index (κ1) is 18.2. The van der Waals surface area contributed by atoms with Crippen molar-refractivity contribution in [1.82, 2.24) is 9.78 Å².